The monoisotopic (exact) mass is 317 g/mol. The zero-order valence-electron chi connectivity index (χ0n) is 11.9. The number of benzene rings is 2. The van der Waals surface area contributed by atoms with E-state index in [0.717, 1.165) is 11.1 Å². The summed E-state index contributed by atoms with van der Waals surface area (Å²) in [6, 6.07) is 12.8. The molecule has 0 radical (unpaired) electrons. The number of phenolic OH excluding ortho intramolecular Hbond substituents is 1. The lowest BCUT2D eigenvalue weighted by molar-refractivity contribution is 0.0762. The first-order valence-electron chi connectivity index (χ1n) is 7.11. The van der Waals surface area contributed by atoms with Crippen LogP contribution in [-0.4, -0.2) is 40.2 Å². The number of aliphatic hydroxyl groups excluding tert-OH is 1. The molecule has 0 aromatic heterocycles. The highest BCUT2D eigenvalue weighted by Gasteiger charge is 2.28. The average Bonchev–Trinajstić information content (AvgIpc) is 2.96. The Morgan fingerprint density at radius 1 is 1.18 bits per heavy atom. The summed E-state index contributed by atoms with van der Waals surface area (Å²) in [4.78, 5) is 14.1. The maximum atomic E-state index is 12.5. The minimum Gasteiger partial charge on any atom is -0.506 e. The molecule has 3 rings (SSSR count). The fourth-order valence-corrected chi connectivity index (χ4v) is 2.88. The second-order valence-corrected chi connectivity index (χ2v) is 5.82. The zero-order chi connectivity index (χ0) is 15.7. The highest BCUT2D eigenvalue weighted by atomic mass is 35.5. The van der Waals surface area contributed by atoms with E-state index in [0.29, 0.717) is 13.0 Å². The van der Waals surface area contributed by atoms with Crippen LogP contribution in [0.1, 0.15) is 16.8 Å². The molecule has 4 nitrogen and oxygen atoms in total. The maximum absolute atomic E-state index is 12.5. The van der Waals surface area contributed by atoms with Gasteiger partial charge in [-0.2, -0.15) is 0 Å². The van der Waals surface area contributed by atoms with Crippen LogP contribution in [0.3, 0.4) is 0 Å². The summed E-state index contributed by atoms with van der Waals surface area (Å²) in [6.45, 7) is 0.762. The van der Waals surface area contributed by atoms with Gasteiger partial charge in [0.1, 0.15) is 5.75 Å². The van der Waals surface area contributed by atoms with Crippen LogP contribution in [0.5, 0.6) is 5.75 Å². The smallest absolute Gasteiger partial charge is 0.257 e. The van der Waals surface area contributed by atoms with E-state index < -0.39 is 6.10 Å². The normalized spacial score (nSPS) is 17.7. The Kier molecular flexibility index (Phi) is 4.05. The molecule has 1 saturated heterocycles. The molecule has 2 aromatic rings. The molecule has 1 fully saturated rings. The second kappa shape index (κ2) is 5.99. The third kappa shape index (κ3) is 2.80. The Bertz CT molecular complexity index is 703. The Hall–Kier alpha value is -2.04. The maximum Gasteiger partial charge on any atom is 0.257 e. The van der Waals surface area contributed by atoms with E-state index in [1.807, 2.05) is 30.3 Å². The van der Waals surface area contributed by atoms with Gasteiger partial charge >= 0.3 is 0 Å². The van der Waals surface area contributed by atoms with Gasteiger partial charge in [-0.05, 0) is 29.7 Å². The van der Waals surface area contributed by atoms with E-state index in [1.54, 1.807) is 12.1 Å². The van der Waals surface area contributed by atoms with Gasteiger partial charge in [0, 0.05) is 13.1 Å². The number of likely N-dealkylation sites (tertiary alicyclic amines) is 1. The molecule has 2 N–H and O–H groups in total. The van der Waals surface area contributed by atoms with Crippen molar-refractivity contribution in [2.24, 2.45) is 0 Å². The third-order valence-electron chi connectivity index (χ3n) is 3.85. The van der Waals surface area contributed by atoms with E-state index in [1.165, 1.54) is 4.90 Å². The van der Waals surface area contributed by atoms with Crippen molar-refractivity contribution in [1.82, 2.24) is 4.90 Å². The molecule has 1 aliphatic heterocycles. The third-order valence-corrected chi connectivity index (χ3v) is 4.14. The Morgan fingerprint density at radius 3 is 2.55 bits per heavy atom. The lowest BCUT2D eigenvalue weighted by Crippen LogP contribution is -2.29. The van der Waals surface area contributed by atoms with Gasteiger partial charge in [0.2, 0.25) is 0 Å². The first-order chi connectivity index (χ1) is 10.6. The van der Waals surface area contributed by atoms with Crippen molar-refractivity contribution in [3.63, 3.8) is 0 Å². The topological polar surface area (TPSA) is 60.8 Å². The molecular formula is C17H16ClNO3. The van der Waals surface area contributed by atoms with Crippen LogP contribution in [0.2, 0.25) is 5.02 Å². The minimum absolute atomic E-state index is 0.143. The fraction of sp³-hybridized carbons (Fsp3) is 0.235. The SMILES string of the molecule is O=C(c1cc(-c2ccccc2)cc(Cl)c1O)N1CC[C@@H](O)C1. The zero-order valence-corrected chi connectivity index (χ0v) is 12.6. The van der Waals surface area contributed by atoms with Crippen LogP contribution in [0.4, 0.5) is 0 Å². The van der Waals surface area contributed by atoms with E-state index in [9.17, 15) is 15.0 Å². The number of carbonyl (C=O) groups is 1. The van der Waals surface area contributed by atoms with Crippen LogP contribution in [0, 0.1) is 0 Å². The predicted molar refractivity (Wildman–Crippen MR) is 85.1 cm³/mol. The van der Waals surface area contributed by atoms with Gasteiger partial charge in [0.15, 0.2) is 0 Å². The average molecular weight is 318 g/mol. The number of halogens is 1. The molecular weight excluding hydrogens is 302 g/mol. The van der Waals surface area contributed by atoms with Crippen LogP contribution >= 0.6 is 11.6 Å². The molecule has 0 bridgehead atoms. The number of phenols is 1. The van der Waals surface area contributed by atoms with Crippen molar-refractivity contribution in [3.8, 4) is 16.9 Å². The van der Waals surface area contributed by atoms with Crippen molar-refractivity contribution >= 4 is 17.5 Å². The molecule has 0 saturated carbocycles. The molecule has 0 spiro atoms. The standard InChI is InChI=1S/C17H16ClNO3/c18-15-9-12(11-4-2-1-3-5-11)8-14(16(15)21)17(22)19-7-6-13(20)10-19/h1-5,8-9,13,20-21H,6-7,10H2/t13-/m1/s1. The molecule has 114 valence electrons. The number of amides is 1. The quantitative estimate of drug-likeness (QED) is 0.895. The first-order valence-corrected chi connectivity index (χ1v) is 7.49. The molecule has 1 amide bonds. The number of carbonyl (C=O) groups excluding carboxylic acids is 1. The number of aliphatic hydroxyl groups is 1. The van der Waals surface area contributed by atoms with Gasteiger partial charge in [-0.15, -0.1) is 0 Å². The Balaban J connectivity index is 2.00. The summed E-state index contributed by atoms with van der Waals surface area (Å²) in [6.07, 6.45) is 0.0531. The van der Waals surface area contributed by atoms with Gasteiger partial charge in [-0.3, -0.25) is 4.79 Å². The van der Waals surface area contributed by atoms with Crippen molar-refractivity contribution < 1.29 is 15.0 Å². The second-order valence-electron chi connectivity index (χ2n) is 5.41. The number of β-amino-alcohol motifs (C(OH)–C–C–N with tert-alkyl or cyclic N) is 1. The Labute approximate surface area is 133 Å². The van der Waals surface area contributed by atoms with Crippen LogP contribution in [0.25, 0.3) is 11.1 Å². The molecule has 1 heterocycles. The number of aromatic hydroxyl groups is 1. The van der Waals surface area contributed by atoms with Gasteiger partial charge < -0.3 is 15.1 Å². The molecule has 0 aliphatic carbocycles. The van der Waals surface area contributed by atoms with E-state index in [-0.39, 0.29) is 28.8 Å². The van der Waals surface area contributed by atoms with Crippen molar-refractivity contribution in [1.29, 1.82) is 0 Å². The minimum atomic E-state index is -0.501. The number of rotatable bonds is 2. The summed E-state index contributed by atoms with van der Waals surface area (Å²) < 4.78 is 0. The number of hydrogen-bond acceptors (Lipinski definition) is 3. The summed E-state index contributed by atoms with van der Waals surface area (Å²) >= 11 is 6.08. The van der Waals surface area contributed by atoms with Crippen LogP contribution < -0.4 is 0 Å². The highest BCUT2D eigenvalue weighted by molar-refractivity contribution is 6.33. The summed E-state index contributed by atoms with van der Waals surface area (Å²) in [5.41, 5.74) is 1.85. The number of hydrogen-bond donors (Lipinski definition) is 2. The molecule has 1 atom stereocenters. The summed E-state index contributed by atoms with van der Waals surface area (Å²) in [5.74, 6) is -0.526. The largest absolute Gasteiger partial charge is 0.506 e. The van der Waals surface area contributed by atoms with E-state index in [2.05, 4.69) is 0 Å². The van der Waals surface area contributed by atoms with Gasteiger partial charge in [0.05, 0.1) is 16.7 Å². The molecule has 1 aliphatic rings. The summed E-state index contributed by atoms with van der Waals surface area (Å²) in [5, 5.41) is 19.8. The number of nitrogens with zero attached hydrogens (tertiary/aromatic N) is 1. The first kappa shape index (κ1) is 14.9. The van der Waals surface area contributed by atoms with Gasteiger partial charge in [-0.25, -0.2) is 0 Å². The Morgan fingerprint density at radius 2 is 1.91 bits per heavy atom. The van der Waals surface area contributed by atoms with Crippen LogP contribution in [-0.2, 0) is 0 Å². The van der Waals surface area contributed by atoms with Gasteiger partial charge in [-0.1, -0.05) is 41.9 Å². The lowest BCUT2D eigenvalue weighted by atomic mass is 10.0. The molecule has 0 unspecified atom stereocenters. The molecule has 22 heavy (non-hydrogen) atoms. The highest BCUT2D eigenvalue weighted by Crippen LogP contribution is 2.34. The fourth-order valence-electron chi connectivity index (χ4n) is 2.66. The van der Waals surface area contributed by atoms with Gasteiger partial charge in [0.25, 0.3) is 5.91 Å². The summed E-state index contributed by atoms with van der Waals surface area (Å²) in [7, 11) is 0. The van der Waals surface area contributed by atoms with Crippen LogP contribution in [0.15, 0.2) is 42.5 Å². The lowest BCUT2D eigenvalue weighted by Gasteiger charge is -2.17. The van der Waals surface area contributed by atoms with Crippen molar-refractivity contribution in [2.45, 2.75) is 12.5 Å². The van der Waals surface area contributed by atoms with E-state index in [4.69, 9.17) is 11.6 Å². The predicted octanol–water partition coefficient (Wildman–Crippen LogP) is 2.92. The van der Waals surface area contributed by atoms with Crippen molar-refractivity contribution in [2.75, 3.05) is 13.1 Å². The molecule has 2 aromatic carbocycles. The van der Waals surface area contributed by atoms with Crippen molar-refractivity contribution in [3.05, 3.63) is 53.1 Å². The van der Waals surface area contributed by atoms with E-state index >= 15 is 0 Å². The molecule has 5 heteroatoms.